The van der Waals surface area contributed by atoms with Crippen LogP contribution in [0.5, 0.6) is 0 Å². The Bertz CT molecular complexity index is 1130. The Morgan fingerprint density at radius 2 is 1.82 bits per heavy atom. The van der Waals surface area contributed by atoms with E-state index in [1.807, 2.05) is 20.8 Å². The summed E-state index contributed by atoms with van der Waals surface area (Å²) >= 11 is 0. The highest BCUT2D eigenvalue weighted by atomic mass is 16.5. The van der Waals surface area contributed by atoms with Gasteiger partial charge in [-0.3, -0.25) is 9.59 Å². The zero-order valence-electron chi connectivity index (χ0n) is 27.8. The van der Waals surface area contributed by atoms with Crippen LogP contribution in [-0.2, 0) is 35.0 Å². The normalized spacial score (nSPS) is 14.7. The number of aryl methyl sites for hydroxylation is 1. The molecule has 0 fully saturated rings. The van der Waals surface area contributed by atoms with Crippen LogP contribution >= 0.6 is 0 Å². The van der Waals surface area contributed by atoms with Crippen LogP contribution in [0, 0.1) is 24.3 Å². The standard InChI is InChI=1S/C35H53N3O6/c1-10-28-16-13-17-29(23-28)15-11-12-18-30(20-22-42-8)25(4)35(41)44-32(24(2)3)34(40)38-27(6)26(5)37-21-14-19-31(43-9)33(39)36-7/h7,11,13,15-17,23-25,27,30-32,37H,5,10,12,14,18-22H2,1-4,6,8-9H3/p+1/b15-11+/t25-,27+,30+,31+,32+/m1/s1. The van der Waals surface area contributed by atoms with Gasteiger partial charge in [-0.05, 0) is 68.4 Å². The minimum absolute atomic E-state index is 0.0411. The number of methoxy groups -OCH3 is 2. The van der Waals surface area contributed by atoms with Gasteiger partial charge in [0.05, 0.1) is 12.0 Å². The van der Waals surface area contributed by atoms with Crippen LogP contribution in [0.2, 0.25) is 0 Å². The average molecular weight is 613 g/mol. The summed E-state index contributed by atoms with van der Waals surface area (Å²) < 4.78 is 16.2. The fourth-order valence-electron chi connectivity index (χ4n) is 4.77. The summed E-state index contributed by atoms with van der Waals surface area (Å²) in [7, 11) is 3.08. The van der Waals surface area contributed by atoms with Crippen LogP contribution < -0.4 is 10.6 Å². The molecule has 0 saturated carbocycles. The predicted molar refractivity (Wildman–Crippen MR) is 176 cm³/mol. The maximum atomic E-state index is 13.3. The lowest BCUT2D eigenvalue weighted by Gasteiger charge is -2.28. The van der Waals surface area contributed by atoms with E-state index in [1.54, 1.807) is 14.0 Å². The van der Waals surface area contributed by atoms with Gasteiger partial charge in [0.25, 0.3) is 12.5 Å². The van der Waals surface area contributed by atoms with E-state index in [0.717, 1.165) is 19.3 Å². The van der Waals surface area contributed by atoms with Crippen LogP contribution in [0.1, 0.15) is 77.8 Å². The maximum absolute atomic E-state index is 13.3. The van der Waals surface area contributed by atoms with E-state index in [-0.39, 0.29) is 17.7 Å². The summed E-state index contributed by atoms with van der Waals surface area (Å²) in [6, 6.07) is 8.04. The van der Waals surface area contributed by atoms with Gasteiger partial charge in [0, 0.05) is 37.9 Å². The number of allylic oxidation sites excluding steroid dienone is 1. The third kappa shape index (κ3) is 13.9. The van der Waals surface area contributed by atoms with E-state index < -0.39 is 36.0 Å². The first kappa shape index (κ1) is 38.5. The van der Waals surface area contributed by atoms with Crippen molar-refractivity contribution in [1.82, 2.24) is 10.6 Å². The van der Waals surface area contributed by atoms with Crippen molar-refractivity contribution in [1.29, 1.82) is 0 Å². The van der Waals surface area contributed by atoms with E-state index in [1.165, 1.54) is 18.2 Å². The summed E-state index contributed by atoms with van der Waals surface area (Å²) in [5.41, 5.74) is 3.06. The van der Waals surface area contributed by atoms with Gasteiger partial charge in [-0.15, -0.1) is 0 Å². The van der Waals surface area contributed by atoms with Gasteiger partial charge in [-0.25, -0.2) is 0 Å². The average Bonchev–Trinajstić information content (AvgIpc) is 3.02. The van der Waals surface area contributed by atoms with Crippen molar-refractivity contribution in [2.75, 3.05) is 27.4 Å². The molecule has 2 amide bonds. The number of hydrogen-bond acceptors (Lipinski definition) is 7. The minimum Gasteiger partial charge on any atom is -0.452 e. The Kier molecular flexibility index (Phi) is 18.6. The summed E-state index contributed by atoms with van der Waals surface area (Å²) in [4.78, 5) is 41.2. The minimum atomic E-state index is -0.942. The number of carbonyl (C=O) groups excluding carboxylic acids is 3. The molecule has 0 unspecified atom stereocenters. The molecule has 9 nitrogen and oxygen atoms in total. The number of esters is 1. The molecular formula is C35H54N3O6+. The number of nitrogens with one attached hydrogen (secondary N) is 2. The summed E-state index contributed by atoms with van der Waals surface area (Å²) in [6.07, 6.45) is 7.00. The van der Waals surface area contributed by atoms with Crippen LogP contribution in [0.25, 0.3) is 10.9 Å². The van der Waals surface area contributed by atoms with Crippen LogP contribution in [0.4, 0.5) is 0 Å². The van der Waals surface area contributed by atoms with E-state index in [4.69, 9.17) is 20.8 Å². The molecule has 2 N–H and O–H groups in total. The Hall–Kier alpha value is -3.48. The number of hydrogen-bond donors (Lipinski definition) is 2. The van der Waals surface area contributed by atoms with Crippen molar-refractivity contribution in [3.8, 4) is 6.57 Å². The quantitative estimate of drug-likeness (QED) is 0.126. The number of benzene rings is 1. The maximum Gasteiger partial charge on any atom is 0.543 e. The second-order valence-corrected chi connectivity index (χ2v) is 11.5. The van der Waals surface area contributed by atoms with Crippen LogP contribution in [-0.4, -0.2) is 63.4 Å². The monoisotopic (exact) mass is 612 g/mol. The van der Waals surface area contributed by atoms with Crippen molar-refractivity contribution < 1.29 is 28.6 Å². The molecule has 244 valence electrons. The first-order valence-electron chi connectivity index (χ1n) is 15.6. The Morgan fingerprint density at radius 3 is 2.43 bits per heavy atom. The summed E-state index contributed by atoms with van der Waals surface area (Å²) in [5.74, 6) is -1.87. The van der Waals surface area contributed by atoms with Crippen molar-refractivity contribution in [3.05, 3.63) is 58.6 Å². The highest BCUT2D eigenvalue weighted by Gasteiger charge is 2.32. The number of amides is 2. The van der Waals surface area contributed by atoms with Gasteiger partial charge in [0.1, 0.15) is 0 Å². The first-order chi connectivity index (χ1) is 21.0. The molecule has 0 radical (unpaired) electrons. The number of ether oxygens (including phenoxy) is 3. The van der Waals surface area contributed by atoms with E-state index in [2.05, 4.69) is 65.4 Å². The van der Waals surface area contributed by atoms with E-state index >= 15 is 0 Å². The fourth-order valence-corrected chi connectivity index (χ4v) is 4.77. The van der Waals surface area contributed by atoms with Gasteiger partial charge < -0.3 is 24.8 Å². The van der Waals surface area contributed by atoms with E-state index in [9.17, 15) is 14.4 Å². The lowest BCUT2D eigenvalue weighted by molar-refractivity contribution is -0.164. The SMILES string of the molecule is C#[N+]C(=O)[C@H](CCCNC(=C)[C@H](C)NC(=O)[C@@H](OC(=O)[C@H](C)[C@@H](CC/C=C/c1cccc(CC)c1)CCOC)C(C)C)OC. The molecule has 0 bridgehead atoms. The molecule has 1 aromatic carbocycles. The topological polar surface area (TPSA) is 107 Å². The lowest BCUT2D eigenvalue weighted by atomic mass is 9.87. The summed E-state index contributed by atoms with van der Waals surface area (Å²) in [5, 5.41) is 6.07. The molecule has 0 aromatic heterocycles. The third-order valence-corrected chi connectivity index (χ3v) is 7.82. The number of nitrogens with zero attached hydrogens (tertiary/aromatic N) is 1. The first-order valence-corrected chi connectivity index (χ1v) is 15.6. The molecular weight excluding hydrogens is 558 g/mol. The highest BCUT2D eigenvalue weighted by Crippen LogP contribution is 2.25. The van der Waals surface area contributed by atoms with Gasteiger partial charge in [0.15, 0.2) is 6.10 Å². The fraction of sp³-hybridized carbons (Fsp3) is 0.600. The molecule has 0 aliphatic heterocycles. The smallest absolute Gasteiger partial charge is 0.452 e. The molecule has 0 aliphatic carbocycles. The van der Waals surface area contributed by atoms with Gasteiger partial charge in [0.2, 0.25) is 6.10 Å². The Labute approximate surface area is 264 Å². The van der Waals surface area contributed by atoms with Crippen molar-refractivity contribution >= 4 is 23.9 Å². The van der Waals surface area contributed by atoms with Gasteiger partial charge >= 0.3 is 11.9 Å². The summed E-state index contributed by atoms with van der Waals surface area (Å²) in [6.45, 7) is 19.6. The largest absolute Gasteiger partial charge is 0.543 e. The molecule has 0 spiro atoms. The number of carbonyl (C=O) groups is 3. The molecule has 1 rings (SSSR count). The predicted octanol–water partition coefficient (Wildman–Crippen LogP) is 5.79. The van der Waals surface area contributed by atoms with Crippen molar-refractivity contribution in [2.45, 2.75) is 91.4 Å². The van der Waals surface area contributed by atoms with Gasteiger partial charge in [-0.1, -0.05) is 70.7 Å². The Morgan fingerprint density at radius 1 is 1.09 bits per heavy atom. The molecule has 0 aliphatic rings. The van der Waals surface area contributed by atoms with E-state index in [0.29, 0.717) is 38.1 Å². The second-order valence-electron chi connectivity index (χ2n) is 11.5. The lowest BCUT2D eigenvalue weighted by Crippen LogP contribution is -2.47. The van der Waals surface area contributed by atoms with Gasteiger partial charge in [-0.2, -0.15) is 4.79 Å². The molecule has 0 saturated heterocycles. The number of rotatable bonds is 22. The molecule has 9 heteroatoms. The highest BCUT2D eigenvalue weighted by molar-refractivity contribution is 5.90. The third-order valence-electron chi connectivity index (χ3n) is 7.82. The van der Waals surface area contributed by atoms with Crippen LogP contribution in [0.15, 0.2) is 42.6 Å². The molecule has 5 atom stereocenters. The van der Waals surface area contributed by atoms with Crippen LogP contribution in [0.3, 0.4) is 0 Å². The van der Waals surface area contributed by atoms with Crippen molar-refractivity contribution in [3.63, 3.8) is 0 Å². The Balaban J connectivity index is 2.71. The molecule has 44 heavy (non-hydrogen) atoms. The zero-order valence-corrected chi connectivity index (χ0v) is 27.8. The van der Waals surface area contributed by atoms with Crippen molar-refractivity contribution in [2.24, 2.45) is 17.8 Å². The zero-order chi connectivity index (χ0) is 33.1. The molecule has 0 heterocycles. The second kappa shape index (κ2) is 21.3. The molecule has 1 aromatic rings.